The van der Waals surface area contributed by atoms with Crippen molar-refractivity contribution in [3.05, 3.63) is 16.5 Å². The number of nitrogen functional groups attached to an aromatic ring is 1. The monoisotopic (exact) mass is 487 g/mol. The number of nitrogens with zero attached hydrogens (tertiary/aromatic N) is 3. The highest BCUT2D eigenvalue weighted by molar-refractivity contribution is 7.21. The number of rotatable bonds is 3. The van der Waals surface area contributed by atoms with Crippen LogP contribution < -0.4 is 16.4 Å². The molecule has 0 saturated carbocycles. The summed E-state index contributed by atoms with van der Waals surface area (Å²) in [5, 5.41) is 0.811. The molecular formula is C25H37N5O3S. The van der Waals surface area contributed by atoms with Crippen LogP contribution >= 0.6 is 11.3 Å². The number of pyridine rings is 1. The number of carbonyl (C=O) groups is 2. The lowest BCUT2D eigenvalue weighted by atomic mass is 9.89. The lowest BCUT2D eigenvalue weighted by molar-refractivity contribution is 0.0198. The summed E-state index contributed by atoms with van der Waals surface area (Å²) in [6.07, 6.45) is 7.56. The van der Waals surface area contributed by atoms with Crippen molar-refractivity contribution in [2.24, 2.45) is 5.73 Å². The minimum Gasteiger partial charge on any atom is -0.444 e. The number of piperidine rings is 1. The highest BCUT2D eigenvalue weighted by Gasteiger charge is 2.31. The standard InChI is InChI=1S/C25H37N5O3S/c1-25(2,3)33-24(32)30-13-9-10-16(15-30)17-14-18(29-11-7-5-4-6-8-12-29)28-23-19(17)20(26)21(34-23)22(27)31/h14,16H,4-13,15,26H2,1-3H3,(H2,27,31). The van der Waals surface area contributed by atoms with E-state index >= 15 is 0 Å². The zero-order valence-corrected chi connectivity index (χ0v) is 21.4. The van der Waals surface area contributed by atoms with Gasteiger partial charge in [0, 0.05) is 37.5 Å². The molecule has 4 rings (SSSR count). The third-order valence-corrected chi connectivity index (χ3v) is 7.75. The Balaban J connectivity index is 1.73. The number of nitrogens with two attached hydrogens (primary N) is 2. The fourth-order valence-corrected chi connectivity index (χ4v) is 5.98. The van der Waals surface area contributed by atoms with Crippen molar-refractivity contribution in [3.8, 4) is 0 Å². The smallest absolute Gasteiger partial charge is 0.410 e. The summed E-state index contributed by atoms with van der Waals surface area (Å²) in [5.74, 6) is 0.479. The quantitative estimate of drug-likeness (QED) is 0.639. The van der Waals surface area contributed by atoms with Gasteiger partial charge in [-0.15, -0.1) is 11.3 Å². The summed E-state index contributed by atoms with van der Waals surface area (Å²) in [4.78, 5) is 35.1. The summed E-state index contributed by atoms with van der Waals surface area (Å²) in [5.41, 5.74) is 13.0. The van der Waals surface area contributed by atoms with E-state index in [1.54, 1.807) is 4.90 Å². The van der Waals surface area contributed by atoms with E-state index < -0.39 is 11.5 Å². The molecule has 2 aliphatic heterocycles. The molecule has 2 saturated heterocycles. The molecular weight excluding hydrogens is 450 g/mol. The number of anilines is 2. The zero-order valence-electron chi connectivity index (χ0n) is 20.6. The second-order valence-electron chi connectivity index (χ2n) is 10.5. The number of hydrogen-bond donors (Lipinski definition) is 2. The van der Waals surface area contributed by atoms with E-state index in [4.69, 9.17) is 21.2 Å². The Morgan fingerprint density at radius 2 is 1.76 bits per heavy atom. The number of thiophene rings is 1. The van der Waals surface area contributed by atoms with Crippen molar-refractivity contribution in [2.45, 2.75) is 77.2 Å². The van der Waals surface area contributed by atoms with Crippen LogP contribution in [0.25, 0.3) is 10.2 Å². The van der Waals surface area contributed by atoms with Crippen molar-refractivity contribution < 1.29 is 14.3 Å². The number of aromatic nitrogens is 1. The van der Waals surface area contributed by atoms with Crippen LogP contribution in [0.1, 0.15) is 86.9 Å². The first-order chi connectivity index (χ1) is 16.1. The average Bonchev–Trinajstić information content (AvgIpc) is 3.08. The van der Waals surface area contributed by atoms with Crippen LogP contribution in [0.15, 0.2) is 6.07 Å². The Kier molecular flexibility index (Phi) is 7.21. The Bertz CT molecular complexity index is 1050. The van der Waals surface area contributed by atoms with E-state index in [0.717, 1.165) is 60.4 Å². The maximum Gasteiger partial charge on any atom is 0.410 e. The van der Waals surface area contributed by atoms with Gasteiger partial charge in [0.05, 0.1) is 5.69 Å². The third kappa shape index (κ3) is 5.40. The van der Waals surface area contributed by atoms with Gasteiger partial charge in [-0.25, -0.2) is 9.78 Å². The van der Waals surface area contributed by atoms with E-state index in [1.165, 1.54) is 30.6 Å². The summed E-state index contributed by atoms with van der Waals surface area (Å²) in [6.45, 7) is 8.80. The summed E-state index contributed by atoms with van der Waals surface area (Å²) >= 11 is 1.27. The normalized spacial score (nSPS) is 20.1. The SMILES string of the molecule is CC(C)(C)OC(=O)N1CCCC(c2cc(N3CCCCCCC3)nc3sc(C(N)=O)c(N)c23)C1. The fourth-order valence-electron chi connectivity index (χ4n) is 5.00. The first kappa shape index (κ1) is 24.6. The van der Waals surface area contributed by atoms with Crippen LogP contribution in [0, 0.1) is 0 Å². The Labute approximate surface area is 205 Å². The molecule has 1 atom stereocenters. The lowest BCUT2D eigenvalue weighted by Crippen LogP contribution is -2.42. The third-order valence-electron chi connectivity index (χ3n) is 6.63. The first-order valence-corrected chi connectivity index (χ1v) is 13.2. The summed E-state index contributed by atoms with van der Waals surface area (Å²) in [7, 11) is 0. The second kappa shape index (κ2) is 9.98. The molecule has 2 aliphatic rings. The van der Waals surface area contributed by atoms with Crippen molar-refractivity contribution in [1.29, 1.82) is 0 Å². The van der Waals surface area contributed by atoms with E-state index in [-0.39, 0.29) is 12.0 Å². The van der Waals surface area contributed by atoms with Gasteiger partial charge in [0.25, 0.3) is 5.91 Å². The van der Waals surface area contributed by atoms with Gasteiger partial charge in [-0.1, -0.05) is 19.3 Å². The van der Waals surface area contributed by atoms with Crippen LogP contribution in [-0.2, 0) is 4.74 Å². The molecule has 2 amide bonds. The van der Waals surface area contributed by atoms with E-state index in [1.807, 2.05) is 20.8 Å². The molecule has 186 valence electrons. The Morgan fingerprint density at radius 1 is 1.09 bits per heavy atom. The number of primary amides is 1. The van der Waals surface area contributed by atoms with Gasteiger partial charge in [-0.05, 0) is 58.1 Å². The molecule has 4 N–H and O–H groups in total. The molecule has 0 bridgehead atoms. The van der Waals surface area contributed by atoms with E-state index in [0.29, 0.717) is 23.7 Å². The molecule has 0 spiro atoms. The summed E-state index contributed by atoms with van der Waals surface area (Å²) < 4.78 is 5.64. The molecule has 1 unspecified atom stereocenters. The highest BCUT2D eigenvalue weighted by Crippen LogP contribution is 2.42. The van der Waals surface area contributed by atoms with Gasteiger partial charge in [0.1, 0.15) is 21.1 Å². The van der Waals surface area contributed by atoms with Gasteiger partial charge in [-0.2, -0.15) is 0 Å². The molecule has 2 aromatic heterocycles. The van der Waals surface area contributed by atoms with Crippen molar-refractivity contribution in [1.82, 2.24) is 9.88 Å². The lowest BCUT2D eigenvalue weighted by Gasteiger charge is -2.35. The number of ether oxygens (including phenoxy) is 1. The number of likely N-dealkylation sites (tertiary alicyclic amines) is 1. The van der Waals surface area contributed by atoms with Crippen molar-refractivity contribution in [3.63, 3.8) is 0 Å². The van der Waals surface area contributed by atoms with E-state index in [2.05, 4.69) is 11.0 Å². The molecule has 0 aliphatic carbocycles. The predicted molar refractivity (Wildman–Crippen MR) is 138 cm³/mol. The first-order valence-electron chi connectivity index (χ1n) is 12.4. The molecule has 9 heteroatoms. The number of carbonyl (C=O) groups excluding carboxylic acids is 2. The zero-order chi connectivity index (χ0) is 24.5. The van der Waals surface area contributed by atoms with Crippen LogP contribution in [0.3, 0.4) is 0 Å². The average molecular weight is 488 g/mol. The van der Waals surface area contributed by atoms with Crippen molar-refractivity contribution in [2.75, 3.05) is 36.8 Å². The molecule has 2 fully saturated rings. The predicted octanol–water partition coefficient (Wildman–Crippen LogP) is 4.86. The number of amides is 2. The minimum absolute atomic E-state index is 0.0814. The summed E-state index contributed by atoms with van der Waals surface area (Å²) in [6, 6.07) is 2.14. The van der Waals surface area contributed by atoms with Gasteiger partial charge in [0.2, 0.25) is 0 Å². The molecule has 0 radical (unpaired) electrons. The molecule has 8 nitrogen and oxygen atoms in total. The second-order valence-corrected chi connectivity index (χ2v) is 11.5. The van der Waals surface area contributed by atoms with Crippen LogP contribution in [0.4, 0.5) is 16.3 Å². The van der Waals surface area contributed by atoms with Crippen LogP contribution in [-0.4, -0.2) is 53.7 Å². The Hall–Kier alpha value is -2.55. The molecule has 34 heavy (non-hydrogen) atoms. The minimum atomic E-state index is -0.541. The fraction of sp³-hybridized carbons (Fsp3) is 0.640. The maximum atomic E-state index is 12.8. The van der Waals surface area contributed by atoms with Gasteiger partial charge >= 0.3 is 6.09 Å². The Morgan fingerprint density at radius 3 is 2.41 bits per heavy atom. The van der Waals surface area contributed by atoms with Gasteiger partial charge < -0.3 is 26.0 Å². The maximum absolute atomic E-state index is 12.8. The largest absolute Gasteiger partial charge is 0.444 e. The van der Waals surface area contributed by atoms with Gasteiger partial charge in [0.15, 0.2) is 0 Å². The van der Waals surface area contributed by atoms with E-state index in [9.17, 15) is 9.59 Å². The number of fused-ring (bicyclic) bond motifs is 1. The van der Waals surface area contributed by atoms with Crippen LogP contribution in [0.5, 0.6) is 0 Å². The topological polar surface area (TPSA) is 115 Å². The van der Waals surface area contributed by atoms with Crippen LogP contribution in [0.2, 0.25) is 0 Å². The molecule has 4 heterocycles. The highest BCUT2D eigenvalue weighted by atomic mass is 32.1. The van der Waals surface area contributed by atoms with Gasteiger partial charge in [-0.3, -0.25) is 4.79 Å². The molecule has 2 aromatic rings. The molecule has 0 aromatic carbocycles. The number of hydrogen-bond acceptors (Lipinski definition) is 7. The van der Waals surface area contributed by atoms with Crippen molar-refractivity contribution >= 4 is 45.1 Å².